The smallest absolute Gasteiger partial charge is 0.264 e. The summed E-state index contributed by atoms with van der Waals surface area (Å²) in [5, 5.41) is 2.97. The molecule has 0 aromatic heterocycles. The van der Waals surface area contributed by atoms with Crippen LogP contribution in [0.5, 0.6) is 5.75 Å². The van der Waals surface area contributed by atoms with E-state index in [1.54, 1.807) is 19.2 Å². The summed E-state index contributed by atoms with van der Waals surface area (Å²) < 4.78 is 33.4. The van der Waals surface area contributed by atoms with E-state index in [0.29, 0.717) is 18.7 Å². The number of nitrogens with zero attached hydrogens (tertiary/aromatic N) is 2. The first-order valence-electron chi connectivity index (χ1n) is 11.6. The zero-order valence-corrected chi connectivity index (χ0v) is 21.1. The van der Waals surface area contributed by atoms with Crippen LogP contribution in [0.4, 0.5) is 5.69 Å². The van der Waals surface area contributed by atoms with Crippen molar-refractivity contribution in [1.82, 2.24) is 10.2 Å². The van der Waals surface area contributed by atoms with Crippen molar-refractivity contribution in [2.45, 2.75) is 23.8 Å². The summed E-state index contributed by atoms with van der Waals surface area (Å²) in [7, 11) is 1.83. The number of anilines is 1. The van der Waals surface area contributed by atoms with Crippen molar-refractivity contribution >= 4 is 21.6 Å². The SMILES string of the molecule is COc1ccc([C@@H](CNC(=O)c2ccc(S(=O)(=O)N3CCCc4ccccc43)cc2)N(C)C)cc1. The number of carbonyl (C=O) groups excluding carboxylic acids is 1. The molecule has 4 rings (SSSR count). The van der Waals surface area contributed by atoms with Gasteiger partial charge in [-0.1, -0.05) is 30.3 Å². The quantitative estimate of drug-likeness (QED) is 0.515. The topological polar surface area (TPSA) is 78.9 Å². The summed E-state index contributed by atoms with van der Waals surface area (Å²) in [6.07, 6.45) is 1.64. The monoisotopic (exact) mass is 493 g/mol. The van der Waals surface area contributed by atoms with Crippen molar-refractivity contribution < 1.29 is 17.9 Å². The van der Waals surface area contributed by atoms with Gasteiger partial charge < -0.3 is 15.0 Å². The van der Waals surface area contributed by atoms with Gasteiger partial charge in [-0.25, -0.2) is 8.42 Å². The summed E-state index contributed by atoms with van der Waals surface area (Å²) >= 11 is 0. The Hall–Kier alpha value is -3.36. The number of carbonyl (C=O) groups is 1. The third kappa shape index (κ3) is 5.33. The highest BCUT2D eigenvalue weighted by Crippen LogP contribution is 2.31. The Balaban J connectivity index is 1.46. The molecule has 1 N–H and O–H groups in total. The fourth-order valence-electron chi connectivity index (χ4n) is 4.37. The van der Waals surface area contributed by atoms with Gasteiger partial charge in [-0.15, -0.1) is 0 Å². The number of rotatable bonds is 8. The molecule has 35 heavy (non-hydrogen) atoms. The molecule has 1 aliphatic heterocycles. The minimum Gasteiger partial charge on any atom is -0.497 e. The van der Waals surface area contributed by atoms with Crippen LogP contribution in [0.15, 0.2) is 77.7 Å². The molecule has 1 amide bonds. The van der Waals surface area contributed by atoms with Crippen molar-refractivity contribution in [2.75, 3.05) is 38.6 Å². The average molecular weight is 494 g/mol. The maximum absolute atomic E-state index is 13.3. The van der Waals surface area contributed by atoms with E-state index in [1.165, 1.54) is 16.4 Å². The first-order chi connectivity index (χ1) is 16.8. The number of methoxy groups -OCH3 is 1. The van der Waals surface area contributed by atoms with Gasteiger partial charge in [0.1, 0.15) is 5.75 Å². The number of likely N-dealkylation sites (N-methyl/N-ethyl adjacent to an activating group) is 1. The lowest BCUT2D eigenvalue weighted by Crippen LogP contribution is -2.35. The van der Waals surface area contributed by atoms with Crippen LogP contribution in [0, 0.1) is 0 Å². The molecular formula is C27H31N3O4S. The number of aryl methyl sites for hydroxylation is 1. The van der Waals surface area contributed by atoms with Crippen molar-refractivity contribution in [3.8, 4) is 5.75 Å². The number of para-hydroxylation sites is 1. The molecule has 0 aliphatic carbocycles. The van der Waals surface area contributed by atoms with Crippen molar-refractivity contribution in [1.29, 1.82) is 0 Å². The second-order valence-corrected chi connectivity index (χ2v) is 10.7. The van der Waals surface area contributed by atoms with Crippen LogP contribution in [0.1, 0.15) is 33.9 Å². The predicted molar refractivity (Wildman–Crippen MR) is 137 cm³/mol. The number of sulfonamides is 1. The zero-order chi connectivity index (χ0) is 25.0. The number of fused-ring (bicyclic) bond motifs is 1. The van der Waals surface area contributed by atoms with E-state index >= 15 is 0 Å². The van der Waals surface area contributed by atoms with Gasteiger partial charge in [0.25, 0.3) is 15.9 Å². The maximum atomic E-state index is 13.3. The molecule has 0 saturated carbocycles. The fourth-order valence-corrected chi connectivity index (χ4v) is 5.91. The van der Waals surface area contributed by atoms with Crippen LogP contribution >= 0.6 is 0 Å². The molecule has 0 spiro atoms. The van der Waals surface area contributed by atoms with E-state index in [9.17, 15) is 13.2 Å². The lowest BCUT2D eigenvalue weighted by atomic mass is 10.0. The predicted octanol–water partition coefficient (Wildman–Crippen LogP) is 3.87. The summed E-state index contributed by atoms with van der Waals surface area (Å²) in [5.41, 5.74) is 3.23. The van der Waals surface area contributed by atoms with Gasteiger partial charge >= 0.3 is 0 Å². The lowest BCUT2D eigenvalue weighted by molar-refractivity contribution is 0.0942. The van der Waals surface area contributed by atoms with Gasteiger partial charge in [-0.3, -0.25) is 9.10 Å². The number of ether oxygens (including phenoxy) is 1. The largest absolute Gasteiger partial charge is 0.497 e. The van der Waals surface area contributed by atoms with E-state index < -0.39 is 10.0 Å². The third-order valence-electron chi connectivity index (χ3n) is 6.35. The molecule has 8 heteroatoms. The van der Waals surface area contributed by atoms with Crippen LogP contribution in [-0.2, 0) is 16.4 Å². The fraction of sp³-hybridized carbons (Fsp3) is 0.296. The summed E-state index contributed by atoms with van der Waals surface area (Å²) in [6.45, 7) is 0.849. The van der Waals surface area contributed by atoms with E-state index in [4.69, 9.17) is 4.74 Å². The Kier molecular flexibility index (Phi) is 7.42. The highest BCUT2D eigenvalue weighted by molar-refractivity contribution is 7.92. The van der Waals surface area contributed by atoms with Crippen molar-refractivity contribution in [2.24, 2.45) is 0 Å². The van der Waals surface area contributed by atoms with Gasteiger partial charge in [-0.05, 0) is 80.5 Å². The first-order valence-corrected chi connectivity index (χ1v) is 13.0. The minimum absolute atomic E-state index is 0.0244. The molecule has 0 unspecified atom stereocenters. The number of hydrogen-bond donors (Lipinski definition) is 1. The van der Waals surface area contributed by atoms with Gasteiger partial charge in [0, 0.05) is 18.7 Å². The molecule has 3 aromatic rings. The number of amides is 1. The Labute approximate surface area is 207 Å². The van der Waals surface area contributed by atoms with Crippen LogP contribution in [-0.4, -0.2) is 53.5 Å². The van der Waals surface area contributed by atoms with Crippen molar-refractivity contribution in [3.05, 3.63) is 89.5 Å². The molecule has 0 saturated heterocycles. The molecule has 0 radical (unpaired) electrons. The van der Waals surface area contributed by atoms with Crippen molar-refractivity contribution in [3.63, 3.8) is 0 Å². The Bertz CT molecular complexity index is 1270. The van der Waals surface area contributed by atoms with Gasteiger partial charge in [-0.2, -0.15) is 0 Å². The van der Waals surface area contributed by atoms with Gasteiger partial charge in [0.15, 0.2) is 0 Å². The number of benzene rings is 3. The number of nitrogens with one attached hydrogen (secondary N) is 1. The van der Waals surface area contributed by atoms with E-state index in [2.05, 4.69) is 5.32 Å². The molecule has 0 bridgehead atoms. The molecule has 1 heterocycles. The van der Waals surface area contributed by atoms with Crippen LogP contribution < -0.4 is 14.4 Å². The zero-order valence-electron chi connectivity index (χ0n) is 20.3. The molecule has 1 atom stereocenters. The number of hydrogen-bond acceptors (Lipinski definition) is 5. The normalized spacial score (nSPS) is 14.3. The molecular weight excluding hydrogens is 462 g/mol. The van der Waals surface area contributed by atoms with Crippen LogP contribution in [0.3, 0.4) is 0 Å². The highest BCUT2D eigenvalue weighted by atomic mass is 32.2. The van der Waals surface area contributed by atoms with E-state index in [-0.39, 0.29) is 16.8 Å². The average Bonchev–Trinajstić information content (AvgIpc) is 2.88. The maximum Gasteiger partial charge on any atom is 0.264 e. The Morgan fingerprint density at radius 1 is 1.03 bits per heavy atom. The Morgan fingerprint density at radius 3 is 2.37 bits per heavy atom. The molecule has 184 valence electrons. The summed E-state index contributed by atoms with van der Waals surface area (Å²) in [6, 6.07) is 21.5. The minimum atomic E-state index is -3.71. The standard InChI is InChI=1S/C27H31N3O4S/c1-29(2)26(21-10-14-23(34-3)15-11-21)19-28-27(31)22-12-16-24(17-13-22)35(32,33)30-18-6-8-20-7-4-5-9-25(20)30/h4-5,7,9-17,26H,6,8,18-19H2,1-3H3,(H,28,31)/t26-/m1/s1. The van der Waals surface area contributed by atoms with E-state index in [1.807, 2.05) is 67.5 Å². The molecule has 3 aromatic carbocycles. The van der Waals surface area contributed by atoms with Gasteiger partial charge in [0.05, 0.1) is 23.7 Å². The van der Waals surface area contributed by atoms with Gasteiger partial charge in [0.2, 0.25) is 0 Å². The first kappa shape index (κ1) is 24.8. The van der Waals surface area contributed by atoms with E-state index in [0.717, 1.165) is 35.4 Å². The molecule has 1 aliphatic rings. The second-order valence-electron chi connectivity index (χ2n) is 8.80. The summed E-state index contributed by atoms with van der Waals surface area (Å²) in [4.78, 5) is 15.0. The highest BCUT2D eigenvalue weighted by Gasteiger charge is 2.29. The summed E-state index contributed by atoms with van der Waals surface area (Å²) in [5.74, 6) is 0.524. The van der Waals surface area contributed by atoms with Crippen LogP contribution in [0.25, 0.3) is 0 Å². The molecule has 7 nitrogen and oxygen atoms in total. The second kappa shape index (κ2) is 10.5. The third-order valence-corrected chi connectivity index (χ3v) is 8.18. The lowest BCUT2D eigenvalue weighted by Gasteiger charge is -2.30. The molecule has 0 fully saturated rings. The Morgan fingerprint density at radius 2 is 1.71 bits per heavy atom. The van der Waals surface area contributed by atoms with Crippen LogP contribution in [0.2, 0.25) is 0 Å².